The number of hydrogen-bond acceptors (Lipinski definition) is 3. The first kappa shape index (κ1) is 14.0. The van der Waals surface area contributed by atoms with Gasteiger partial charge in [0.15, 0.2) is 11.6 Å². The van der Waals surface area contributed by atoms with Gasteiger partial charge in [-0.25, -0.2) is 8.78 Å². The maximum Gasteiger partial charge on any atom is 0.159 e. The minimum absolute atomic E-state index is 0.352. The number of hydrogen-bond donors (Lipinski definition) is 1. The van der Waals surface area contributed by atoms with Crippen LogP contribution in [0.25, 0.3) is 0 Å². The van der Waals surface area contributed by atoms with Crippen LogP contribution in [-0.2, 0) is 7.05 Å². The van der Waals surface area contributed by atoms with Crippen molar-refractivity contribution in [1.82, 2.24) is 9.78 Å². The molecule has 2 rings (SSSR count). The summed E-state index contributed by atoms with van der Waals surface area (Å²) in [4.78, 5) is 0. The van der Waals surface area contributed by atoms with Crippen LogP contribution in [0.3, 0.4) is 0 Å². The van der Waals surface area contributed by atoms with Crippen molar-refractivity contribution in [2.45, 2.75) is 18.0 Å². The molecule has 1 unspecified atom stereocenters. The molecule has 0 saturated carbocycles. The molecule has 0 amide bonds. The first-order valence-corrected chi connectivity index (χ1v) is 6.80. The Morgan fingerprint density at radius 1 is 1.32 bits per heavy atom. The van der Waals surface area contributed by atoms with Crippen molar-refractivity contribution in [3.8, 4) is 0 Å². The van der Waals surface area contributed by atoms with Crippen molar-refractivity contribution in [3.05, 3.63) is 47.2 Å². The van der Waals surface area contributed by atoms with Gasteiger partial charge < -0.3 is 5.73 Å². The van der Waals surface area contributed by atoms with Crippen LogP contribution < -0.4 is 5.73 Å². The molecule has 19 heavy (non-hydrogen) atoms. The van der Waals surface area contributed by atoms with Gasteiger partial charge in [0.1, 0.15) is 0 Å². The number of benzene rings is 1. The van der Waals surface area contributed by atoms with Crippen molar-refractivity contribution in [2.24, 2.45) is 12.8 Å². The molecule has 0 fully saturated rings. The summed E-state index contributed by atoms with van der Waals surface area (Å²) in [6, 6.07) is 5.37. The quantitative estimate of drug-likeness (QED) is 0.878. The van der Waals surface area contributed by atoms with Gasteiger partial charge in [0.25, 0.3) is 0 Å². The van der Waals surface area contributed by atoms with Crippen molar-refractivity contribution >= 4 is 11.8 Å². The Morgan fingerprint density at radius 3 is 2.63 bits per heavy atom. The third kappa shape index (κ3) is 3.33. The van der Waals surface area contributed by atoms with Crippen LogP contribution in [0.5, 0.6) is 0 Å². The SMILES string of the molecule is Cc1cc(SCC(N)c2ccc(F)c(F)c2)n(C)n1. The van der Waals surface area contributed by atoms with E-state index in [1.165, 1.54) is 6.07 Å². The molecule has 1 heterocycles. The average molecular weight is 283 g/mol. The van der Waals surface area contributed by atoms with E-state index in [1.807, 2.05) is 20.0 Å². The molecule has 1 aromatic carbocycles. The Kier molecular flexibility index (Phi) is 4.21. The van der Waals surface area contributed by atoms with Crippen LogP contribution >= 0.6 is 11.8 Å². The standard InChI is InChI=1S/C13H15F2N3S/c1-8-5-13(18(2)17-8)19-7-12(16)9-3-4-10(14)11(15)6-9/h3-6,12H,7,16H2,1-2H3. The largest absolute Gasteiger partial charge is 0.323 e. The van der Waals surface area contributed by atoms with Crippen molar-refractivity contribution in [1.29, 1.82) is 0 Å². The highest BCUT2D eigenvalue weighted by molar-refractivity contribution is 7.99. The highest BCUT2D eigenvalue weighted by Gasteiger charge is 2.11. The fraction of sp³-hybridized carbons (Fsp3) is 0.308. The predicted molar refractivity (Wildman–Crippen MR) is 72.0 cm³/mol. The van der Waals surface area contributed by atoms with Gasteiger partial charge in [-0.3, -0.25) is 4.68 Å². The lowest BCUT2D eigenvalue weighted by Gasteiger charge is -2.11. The zero-order chi connectivity index (χ0) is 14.0. The fourth-order valence-corrected chi connectivity index (χ4v) is 2.76. The van der Waals surface area contributed by atoms with Crippen LogP contribution in [0.15, 0.2) is 29.3 Å². The number of aryl methyl sites for hydroxylation is 2. The van der Waals surface area contributed by atoms with Crippen LogP contribution in [0.2, 0.25) is 0 Å². The second-order valence-electron chi connectivity index (χ2n) is 4.34. The van der Waals surface area contributed by atoms with Gasteiger partial charge in [0, 0.05) is 18.8 Å². The van der Waals surface area contributed by atoms with E-state index < -0.39 is 11.6 Å². The van der Waals surface area contributed by atoms with E-state index in [0.29, 0.717) is 11.3 Å². The molecule has 3 nitrogen and oxygen atoms in total. The van der Waals surface area contributed by atoms with E-state index >= 15 is 0 Å². The van der Waals surface area contributed by atoms with E-state index in [0.717, 1.165) is 22.9 Å². The molecular formula is C13H15F2N3S. The van der Waals surface area contributed by atoms with Crippen molar-refractivity contribution < 1.29 is 8.78 Å². The average Bonchev–Trinajstić information content (AvgIpc) is 2.68. The minimum atomic E-state index is -0.866. The Labute approximate surface area is 114 Å². The molecular weight excluding hydrogens is 268 g/mol. The Bertz CT molecular complexity index is 583. The van der Waals surface area contributed by atoms with Crippen molar-refractivity contribution in [2.75, 3.05) is 5.75 Å². The normalized spacial score (nSPS) is 12.7. The Morgan fingerprint density at radius 2 is 2.05 bits per heavy atom. The third-order valence-electron chi connectivity index (χ3n) is 2.74. The summed E-state index contributed by atoms with van der Waals surface area (Å²) in [5, 5.41) is 5.23. The molecule has 0 spiro atoms. The van der Waals surface area contributed by atoms with Crippen LogP contribution in [0.4, 0.5) is 8.78 Å². The molecule has 1 atom stereocenters. The number of thioether (sulfide) groups is 1. The second-order valence-corrected chi connectivity index (χ2v) is 5.38. The third-order valence-corrected chi connectivity index (χ3v) is 3.95. The van der Waals surface area contributed by atoms with Gasteiger partial charge >= 0.3 is 0 Å². The second kappa shape index (κ2) is 5.71. The van der Waals surface area contributed by atoms with Crippen LogP contribution in [0, 0.1) is 18.6 Å². The summed E-state index contributed by atoms with van der Waals surface area (Å²) in [6.07, 6.45) is 0. The zero-order valence-corrected chi connectivity index (χ0v) is 11.5. The molecule has 0 bridgehead atoms. The van der Waals surface area contributed by atoms with Crippen LogP contribution in [-0.4, -0.2) is 15.5 Å². The molecule has 0 saturated heterocycles. The van der Waals surface area contributed by atoms with Gasteiger partial charge in [0.2, 0.25) is 0 Å². The number of halogens is 2. The van der Waals surface area contributed by atoms with Gasteiger partial charge in [-0.1, -0.05) is 6.07 Å². The maximum absolute atomic E-state index is 13.1. The highest BCUT2D eigenvalue weighted by Crippen LogP contribution is 2.24. The fourth-order valence-electron chi connectivity index (χ4n) is 1.74. The topological polar surface area (TPSA) is 43.8 Å². The zero-order valence-electron chi connectivity index (χ0n) is 10.7. The molecule has 2 N–H and O–H groups in total. The number of nitrogens with two attached hydrogens (primary N) is 1. The molecule has 0 aliphatic heterocycles. The minimum Gasteiger partial charge on any atom is -0.323 e. The summed E-state index contributed by atoms with van der Waals surface area (Å²) in [5.41, 5.74) is 7.50. The Hall–Kier alpha value is -1.40. The van der Waals surface area contributed by atoms with Gasteiger partial charge in [-0.05, 0) is 30.7 Å². The highest BCUT2D eigenvalue weighted by atomic mass is 32.2. The molecule has 6 heteroatoms. The lowest BCUT2D eigenvalue weighted by molar-refractivity contribution is 0.506. The number of rotatable bonds is 4. The molecule has 1 aromatic heterocycles. The molecule has 0 radical (unpaired) electrons. The van der Waals surface area contributed by atoms with Gasteiger partial charge in [-0.15, -0.1) is 11.8 Å². The van der Waals surface area contributed by atoms with Crippen LogP contribution in [0.1, 0.15) is 17.3 Å². The van der Waals surface area contributed by atoms with E-state index in [4.69, 9.17) is 5.73 Å². The van der Waals surface area contributed by atoms with Crippen molar-refractivity contribution in [3.63, 3.8) is 0 Å². The van der Waals surface area contributed by atoms with Gasteiger partial charge in [-0.2, -0.15) is 5.10 Å². The monoisotopic (exact) mass is 283 g/mol. The van der Waals surface area contributed by atoms with E-state index in [2.05, 4.69) is 5.10 Å². The molecule has 102 valence electrons. The summed E-state index contributed by atoms with van der Waals surface area (Å²) in [7, 11) is 1.86. The smallest absolute Gasteiger partial charge is 0.159 e. The number of nitrogens with zero attached hydrogens (tertiary/aromatic N) is 2. The summed E-state index contributed by atoms with van der Waals surface area (Å²) < 4.78 is 27.7. The van der Waals surface area contributed by atoms with E-state index in [-0.39, 0.29) is 6.04 Å². The lowest BCUT2D eigenvalue weighted by Crippen LogP contribution is -2.13. The lowest BCUT2D eigenvalue weighted by atomic mass is 10.1. The molecule has 0 aliphatic rings. The first-order chi connectivity index (χ1) is 8.97. The van der Waals surface area contributed by atoms with E-state index in [9.17, 15) is 8.78 Å². The summed E-state index contributed by atoms with van der Waals surface area (Å²) in [6.45, 7) is 1.92. The van der Waals surface area contributed by atoms with E-state index in [1.54, 1.807) is 16.4 Å². The first-order valence-electron chi connectivity index (χ1n) is 5.81. The Balaban J connectivity index is 2.03. The molecule has 2 aromatic rings. The maximum atomic E-state index is 13.1. The predicted octanol–water partition coefficient (Wildman–Crippen LogP) is 2.80. The summed E-state index contributed by atoms with van der Waals surface area (Å²) >= 11 is 1.54. The summed E-state index contributed by atoms with van der Waals surface area (Å²) in [5.74, 6) is -1.15. The number of aromatic nitrogens is 2. The molecule has 0 aliphatic carbocycles. The van der Waals surface area contributed by atoms with Gasteiger partial charge in [0.05, 0.1) is 10.7 Å².